The largest absolute Gasteiger partial charge is 0.212 e. The highest BCUT2D eigenvalue weighted by atomic mass is 19.1. The summed E-state index contributed by atoms with van der Waals surface area (Å²) in [6.45, 7) is 6.42. The number of hydrogen-bond acceptors (Lipinski definition) is 0. The van der Waals surface area contributed by atoms with E-state index in [1.807, 2.05) is 0 Å². The van der Waals surface area contributed by atoms with Crippen LogP contribution in [0.25, 0.3) is 0 Å². The maximum Gasteiger partial charge on any atom is 0.0990 e. The molecule has 0 aliphatic heterocycles. The van der Waals surface area contributed by atoms with Gasteiger partial charge in [-0.05, 0) is 19.4 Å². The first-order chi connectivity index (χ1) is 2.64. The first-order valence-electron chi connectivity index (χ1n) is 1.79. The van der Waals surface area contributed by atoms with Crippen molar-refractivity contribution in [2.45, 2.75) is 13.8 Å². The summed E-state index contributed by atoms with van der Waals surface area (Å²) >= 11 is 0. The molecule has 0 aromatic heterocycles. The van der Waals surface area contributed by atoms with Gasteiger partial charge in [-0.3, -0.25) is 0 Å². The van der Waals surface area contributed by atoms with E-state index in [2.05, 4.69) is 6.92 Å². The van der Waals surface area contributed by atoms with Gasteiger partial charge in [0, 0.05) is 6.92 Å². The summed E-state index contributed by atoms with van der Waals surface area (Å²) in [4.78, 5) is 0. The molecule has 6 heavy (non-hydrogen) atoms. The Kier molecular flexibility index (Phi) is 1.85. The molecular formula is C5H8F. The Labute approximate surface area is 37.7 Å². The van der Waals surface area contributed by atoms with Gasteiger partial charge in [0.25, 0.3) is 0 Å². The van der Waals surface area contributed by atoms with Gasteiger partial charge in [0.15, 0.2) is 0 Å². The first-order valence-corrected chi connectivity index (χ1v) is 1.79. The second kappa shape index (κ2) is 1.96. The van der Waals surface area contributed by atoms with E-state index in [9.17, 15) is 4.39 Å². The third-order valence-electron chi connectivity index (χ3n) is 0.543. The molecule has 1 heteroatoms. The highest BCUT2D eigenvalue weighted by Gasteiger charge is 1.81. The standard InChI is InChI=1S/C5H8F/c1-4(2)5(3)6/h3H2,1-2H3. The normalized spacial score (nSPS) is 8.00. The average molecular weight is 87.1 g/mol. The highest BCUT2D eigenvalue weighted by molar-refractivity contribution is 5.03. The molecule has 0 heterocycles. The zero-order chi connectivity index (χ0) is 5.15. The molecule has 35 valence electrons. The van der Waals surface area contributed by atoms with Crippen LogP contribution in [0.3, 0.4) is 0 Å². The molecule has 0 unspecified atom stereocenters. The Hall–Kier alpha value is -0.330. The van der Waals surface area contributed by atoms with Gasteiger partial charge in [-0.15, -0.1) is 0 Å². The van der Waals surface area contributed by atoms with Crippen LogP contribution in [0.1, 0.15) is 13.8 Å². The molecule has 0 aliphatic rings. The zero-order valence-corrected chi connectivity index (χ0v) is 4.09. The van der Waals surface area contributed by atoms with Crippen molar-refractivity contribution in [1.29, 1.82) is 0 Å². The van der Waals surface area contributed by atoms with Gasteiger partial charge in [-0.1, -0.05) is 0 Å². The third-order valence-corrected chi connectivity index (χ3v) is 0.543. The fourth-order valence-electron chi connectivity index (χ4n) is 0. The lowest BCUT2D eigenvalue weighted by molar-refractivity contribution is 0.653. The molecule has 0 fully saturated rings. The number of allylic oxidation sites excluding steroid dienone is 2. The van der Waals surface area contributed by atoms with Crippen molar-refractivity contribution in [3.8, 4) is 0 Å². The SMILES string of the molecule is [CH2]C(F)=C(C)C. The Morgan fingerprint density at radius 2 is 1.67 bits per heavy atom. The monoisotopic (exact) mass is 87.1 g/mol. The maximum atomic E-state index is 11.6. The molecule has 0 nitrogen and oxygen atoms in total. The molecule has 0 saturated heterocycles. The van der Waals surface area contributed by atoms with E-state index in [4.69, 9.17) is 0 Å². The summed E-state index contributed by atoms with van der Waals surface area (Å²) in [7, 11) is 0. The second-order valence-electron chi connectivity index (χ2n) is 1.40. The summed E-state index contributed by atoms with van der Waals surface area (Å²) in [6.07, 6.45) is 0. The predicted molar refractivity (Wildman–Crippen MR) is 24.8 cm³/mol. The van der Waals surface area contributed by atoms with E-state index in [1.165, 1.54) is 0 Å². The second-order valence-corrected chi connectivity index (χ2v) is 1.40. The van der Waals surface area contributed by atoms with Crippen molar-refractivity contribution < 1.29 is 4.39 Å². The lowest BCUT2D eigenvalue weighted by Gasteiger charge is -1.82. The number of halogens is 1. The highest BCUT2D eigenvalue weighted by Crippen LogP contribution is 1.99. The van der Waals surface area contributed by atoms with Gasteiger partial charge in [0.1, 0.15) is 0 Å². The van der Waals surface area contributed by atoms with Crippen molar-refractivity contribution in [3.05, 3.63) is 18.3 Å². The maximum absolute atomic E-state index is 11.6. The van der Waals surface area contributed by atoms with Crippen molar-refractivity contribution in [3.63, 3.8) is 0 Å². The Morgan fingerprint density at radius 3 is 1.67 bits per heavy atom. The van der Waals surface area contributed by atoms with Crippen molar-refractivity contribution in [2.75, 3.05) is 0 Å². The lowest BCUT2D eigenvalue weighted by atomic mass is 10.3. The van der Waals surface area contributed by atoms with E-state index < -0.39 is 0 Å². The Morgan fingerprint density at radius 1 is 1.50 bits per heavy atom. The topological polar surface area (TPSA) is 0 Å². The summed E-state index contributed by atoms with van der Waals surface area (Å²) in [5.74, 6) is -0.324. The molecule has 1 radical (unpaired) electrons. The molecule has 0 rings (SSSR count). The number of hydrogen-bond donors (Lipinski definition) is 0. The molecule has 0 atom stereocenters. The van der Waals surface area contributed by atoms with Gasteiger partial charge < -0.3 is 0 Å². The van der Waals surface area contributed by atoms with Gasteiger partial charge in [-0.2, -0.15) is 0 Å². The van der Waals surface area contributed by atoms with Crippen molar-refractivity contribution >= 4 is 0 Å². The van der Waals surface area contributed by atoms with Crippen molar-refractivity contribution in [1.82, 2.24) is 0 Å². The molecule has 0 bridgehead atoms. The van der Waals surface area contributed by atoms with Crippen LogP contribution in [-0.4, -0.2) is 0 Å². The van der Waals surface area contributed by atoms with E-state index in [1.54, 1.807) is 13.8 Å². The summed E-state index contributed by atoms with van der Waals surface area (Å²) in [5.41, 5.74) is 0.648. The molecular weight excluding hydrogens is 79.1 g/mol. The van der Waals surface area contributed by atoms with Crippen LogP contribution in [-0.2, 0) is 0 Å². The smallest absolute Gasteiger partial charge is 0.0990 e. The van der Waals surface area contributed by atoms with E-state index in [-0.39, 0.29) is 5.83 Å². The van der Waals surface area contributed by atoms with E-state index >= 15 is 0 Å². The average Bonchev–Trinajstić information content (AvgIpc) is 1.36. The molecule has 0 amide bonds. The van der Waals surface area contributed by atoms with Crippen LogP contribution in [0, 0.1) is 6.92 Å². The molecule has 0 N–H and O–H groups in total. The van der Waals surface area contributed by atoms with Crippen LogP contribution >= 0.6 is 0 Å². The van der Waals surface area contributed by atoms with Crippen LogP contribution < -0.4 is 0 Å². The molecule has 0 aromatic carbocycles. The minimum absolute atomic E-state index is 0.324. The molecule has 0 aromatic rings. The van der Waals surface area contributed by atoms with Crippen LogP contribution in [0.5, 0.6) is 0 Å². The van der Waals surface area contributed by atoms with Crippen LogP contribution in [0.15, 0.2) is 11.4 Å². The van der Waals surface area contributed by atoms with Gasteiger partial charge in [-0.25, -0.2) is 4.39 Å². The summed E-state index contributed by atoms with van der Waals surface area (Å²) in [6, 6.07) is 0. The Balaban J connectivity index is 3.68. The summed E-state index contributed by atoms with van der Waals surface area (Å²) in [5, 5.41) is 0. The van der Waals surface area contributed by atoms with Gasteiger partial charge >= 0.3 is 0 Å². The fourth-order valence-corrected chi connectivity index (χ4v) is 0. The fraction of sp³-hybridized carbons (Fsp3) is 0.400. The lowest BCUT2D eigenvalue weighted by Crippen LogP contribution is -1.64. The van der Waals surface area contributed by atoms with Crippen LogP contribution in [0.2, 0.25) is 0 Å². The van der Waals surface area contributed by atoms with Crippen molar-refractivity contribution in [2.24, 2.45) is 0 Å². The third kappa shape index (κ3) is 1.94. The molecule has 0 saturated carbocycles. The van der Waals surface area contributed by atoms with E-state index in [0.29, 0.717) is 5.57 Å². The number of rotatable bonds is 0. The quantitative estimate of drug-likeness (QED) is 0.424. The molecule has 0 aliphatic carbocycles. The predicted octanol–water partition coefficient (Wildman–Crippen LogP) is 2.08. The summed E-state index contributed by atoms with van der Waals surface area (Å²) < 4.78 is 11.6. The van der Waals surface area contributed by atoms with Gasteiger partial charge in [0.05, 0.1) is 5.83 Å². The van der Waals surface area contributed by atoms with Crippen LogP contribution in [0.4, 0.5) is 4.39 Å². The Bertz CT molecular complexity index is 54.0. The van der Waals surface area contributed by atoms with Gasteiger partial charge in [0.2, 0.25) is 0 Å². The zero-order valence-electron chi connectivity index (χ0n) is 4.09. The molecule has 0 spiro atoms. The minimum atomic E-state index is -0.324. The van der Waals surface area contributed by atoms with E-state index in [0.717, 1.165) is 0 Å². The first kappa shape index (κ1) is 5.67. The minimum Gasteiger partial charge on any atom is -0.212 e.